The van der Waals surface area contributed by atoms with Crippen molar-refractivity contribution >= 4 is 11.9 Å². The van der Waals surface area contributed by atoms with Gasteiger partial charge < -0.3 is 9.47 Å². The number of halogens is 9. The molecule has 0 spiro atoms. The van der Waals surface area contributed by atoms with Crippen LogP contribution in [0.5, 0.6) is 0 Å². The van der Waals surface area contributed by atoms with Gasteiger partial charge in [0, 0.05) is 0 Å². The molecule has 0 saturated heterocycles. The van der Waals surface area contributed by atoms with E-state index < -0.39 is 62.1 Å². The van der Waals surface area contributed by atoms with Crippen molar-refractivity contribution < 1.29 is 58.6 Å². The van der Waals surface area contributed by atoms with E-state index in [-0.39, 0.29) is 6.08 Å². The monoisotopic (exact) mass is 376 g/mol. The van der Waals surface area contributed by atoms with Crippen LogP contribution >= 0.6 is 0 Å². The van der Waals surface area contributed by atoms with Crippen LogP contribution in [0.1, 0.15) is 12.8 Å². The Labute approximate surface area is 128 Å². The number of allylic oxidation sites excluding steroid dienone is 1. The number of carbonyl (C=O) groups is 2. The van der Waals surface area contributed by atoms with E-state index in [9.17, 15) is 49.1 Å². The van der Waals surface area contributed by atoms with Crippen molar-refractivity contribution in [2.45, 2.75) is 31.4 Å². The predicted molar refractivity (Wildman–Crippen MR) is 57.4 cm³/mol. The van der Waals surface area contributed by atoms with Crippen LogP contribution in [0.15, 0.2) is 11.6 Å². The quantitative estimate of drug-likeness (QED) is 0.319. The van der Waals surface area contributed by atoms with Crippen LogP contribution in [-0.2, 0) is 19.1 Å². The van der Waals surface area contributed by atoms with Gasteiger partial charge in [0.25, 0.3) is 0 Å². The van der Waals surface area contributed by atoms with Gasteiger partial charge in [-0.3, -0.25) is 0 Å². The highest BCUT2D eigenvalue weighted by Gasteiger charge is 2.37. The van der Waals surface area contributed by atoms with E-state index in [0.29, 0.717) is 0 Å². The molecule has 0 rings (SSSR count). The molecule has 0 amide bonds. The Morgan fingerprint density at radius 1 is 0.792 bits per heavy atom. The Bertz CT molecular complexity index is 473. The summed E-state index contributed by atoms with van der Waals surface area (Å²) in [7, 11) is 0. The lowest BCUT2D eigenvalue weighted by Crippen LogP contribution is -2.26. The van der Waals surface area contributed by atoms with E-state index in [1.54, 1.807) is 0 Å². The second-order valence-electron chi connectivity index (χ2n) is 4.12. The summed E-state index contributed by atoms with van der Waals surface area (Å²) in [5, 5.41) is 0. The average Bonchev–Trinajstić information content (AvgIpc) is 2.33. The molecule has 0 aliphatic heterocycles. The highest BCUT2D eigenvalue weighted by Crippen LogP contribution is 2.29. The van der Waals surface area contributed by atoms with Crippen molar-refractivity contribution in [1.29, 1.82) is 0 Å². The molecule has 0 aromatic heterocycles. The van der Waals surface area contributed by atoms with E-state index in [2.05, 4.69) is 9.47 Å². The molecule has 0 aromatic carbocycles. The first-order chi connectivity index (χ1) is 10.6. The normalized spacial score (nSPS) is 13.6. The minimum Gasteiger partial charge on any atom is -0.457 e. The number of rotatable bonds is 5. The molecule has 140 valence electrons. The van der Waals surface area contributed by atoms with Crippen molar-refractivity contribution in [1.82, 2.24) is 0 Å². The summed E-state index contributed by atoms with van der Waals surface area (Å²) in [6.45, 7) is -3.00. The Balaban J connectivity index is 4.58. The van der Waals surface area contributed by atoms with Gasteiger partial charge >= 0.3 is 30.5 Å². The highest BCUT2D eigenvalue weighted by molar-refractivity contribution is 6.29. The zero-order valence-electron chi connectivity index (χ0n) is 11.4. The van der Waals surface area contributed by atoms with Crippen molar-refractivity contribution in [3.05, 3.63) is 11.6 Å². The van der Waals surface area contributed by atoms with Gasteiger partial charge in [0.1, 0.15) is 13.2 Å². The first-order valence-corrected chi connectivity index (χ1v) is 5.85. The topological polar surface area (TPSA) is 52.6 Å². The van der Waals surface area contributed by atoms with Crippen molar-refractivity contribution in [3.8, 4) is 0 Å². The molecule has 0 N–H and O–H groups in total. The third-order valence-corrected chi connectivity index (χ3v) is 2.09. The largest absolute Gasteiger partial charge is 0.457 e. The molecule has 0 bridgehead atoms. The smallest absolute Gasteiger partial charge is 0.417 e. The zero-order valence-corrected chi connectivity index (χ0v) is 11.4. The third-order valence-electron chi connectivity index (χ3n) is 2.09. The second kappa shape index (κ2) is 8.24. The molecule has 0 fully saturated rings. The molecule has 0 heterocycles. The molecule has 0 atom stereocenters. The molecule has 24 heavy (non-hydrogen) atoms. The molecule has 0 aromatic rings. The fourth-order valence-corrected chi connectivity index (χ4v) is 1.02. The number of alkyl halides is 9. The van der Waals surface area contributed by atoms with Crippen LogP contribution in [0.3, 0.4) is 0 Å². The van der Waals surface area contributed by atoms with Crippen molar-refractivity contribution in [2.75, 3.05) is 13.2 Å². The van der Waals surface area contributed by atoms with Gasteiger partial charge in [-0.05, 0) is 0 Å². The van der Waals surface area contributed by atoms with Crippen LogP contribution in [0.25, 0.3) is 0 Å². The van der Waals surface area contributed by atoms with Crippen LogP contribution in [0.4, 0.5) is 39.5 Å². The van der Waals surface area contributed by atoms with Gasteiger partial charge in [-0.2, -0.15) is 39.5 Å². The van der Waals surface area contributed by atoms with E-state index in [4.69, 9.17) is 0 Å². The van der Waals surface area contributed by atoms with Gasteiger partial charge in [0.15, 0.2) is 0 Å². The van der Waals surface area contributed by atoms with Gasteiger partial charge in [0.2, 0.25) is 0 Å². The van der Waals surface area contributed by atoms with Gasteiger partial charge in [-0.1, -0.05) is 6.08 Å². The number of esters is 2. The molecule has 0 aliphatic rings. The fraction of sp³-hybridized carbons (Fsp3) is 0.636. The minimum absolute atomic E-state index is 0.289. The van der Waals surface area contributed by atoms with E-state index in [1.165, 1.54) is 0 Å². The average molecular weight is 376 g/mol. The van der Waals surface area contributed by atoms with E-state index in [0.717, 1.165) is 0 Å². The third kappa shape index (κ3) is 10.7. The molecule has 0 radical (unpaired) electrons. The summed E-state index contributed by atoms with van der Waals surface area (Å²) in [5.41, 5.74) is -1.89. The Kier molecular flexibility index (Phi) is 7.57. The maximum absolute atomic E-state index is 12.4. The zero-order chi connectivity index (χ0) is 19.2. The number of hydrogen-bond acceptors (Lipinski definition) is 4. The maximum atomic E-state index is 12.4. The maximum Gasteiger partial charge on any atom is 0.417 e. The number of ether oxygens (including phenoxy) is 2. The second-order valence-corrected chi connectivity index (χ2v) is 4.12. The highest BCUT2D eigenvalue weighted by atomic mass is 19.4. The van der Waals surface area contributed by atoms with Gasteiger partial charge in [-0.25, -0.2) is 9.59 Å². The van der Waals surface area contributed by atoms with Crippen molar-refractivity contribution in [3.63, 3.8) is 0 Å². The lowest BCUT2D eigenvalue weighted by Gasteiger charge is -2.13. The summed E-state index contributed by atoms with van der Waals surface area (Å²) in [5.74, 6) is -4.07. The fourth-order valence-electron chi connectivity index (χ4n) is 1.02. The standard InChI is InChI=1S/C11H9F9O4/c12-9(13,14)2-1-6(11(18,19)20)5-24-8(22)7(21)23-4-3-10(15,16)17/h1H,2-5H2/b6-1-. The molecular formula is C11H9F9O4. The first-order valence-electron chi connectivity index (χ1n) is 5.85. The Morgan fingerprint density at radius 2 is 1.29 bits per heavy atom. The number of carbonyl (C=O) groups excluding carboxylic acids is 2. The minimum atomic E-state index is -5.27. The van der Waals surface area contributed by atoms with Crippen molar-refractivity contribution in [2.24, 2.45) is 0 Å². The van der Waals surface area contributed by atoms with Gasteiger partial charge in [0.05, 0.1) is 18.4 Å². The molecule has 0 saturated carbocycles. The van der Waals surface area contributed by atoms with E-state index in [1.807, 2.05) is 0 Å². The summed E-state index contributed by atoms with van der Waals surface area (Å²) < 4.78 is 116. The predicted octanol–water partition coefficient (Wildman–Crippen LogP) is 3.47. The van der Waals surface area contributed by atoms with Gasteiger partial charge in [-0.15, -0.1) is 0 Å². The molecule has 13 heteroatoms. The Hall–Kier alpha value is -1.95. The van der Waals surface area contributed by atoms with Crippen LogP contribution in [-0.4, -0.2) is 43.7 Å². The molecule has 0 unspecified atom stereocenters. The van der Waals surface area contributed by atoms with Crippen LogP contribution < -0.4 is 0 Å². The van der Waals surface area contributed by atoms with E-state index >= 15 is 0 Å². The number of hydrogen-bond donors (Lipinski definition) is 0. The summed E-state index contributed by atoms with van der Waals surface area (Å²) in [4.78, 5) is 21.8. The molecule has 0 aliphatic carbocycles. The SMILES string of the molecule is O=C(OCCC(F)(F)F)C(=O)OC/C(=C/CC(F)(F)F)C(F)(F)F. The Morgan fingerprint density at radius 3 is 1.71 bits per heavy atom. The lowest BCUT2D eigenvalue weighted by atomic mass is 10.2. The van der Waals surface area contributed by atoms with Crippen LogP contribution in [0, 0.1) is 0 Å². The molecular weight excluding hydrogens is 367 g/mol. The van der Waals surface area contributed by atoms with Crippen LogP contribution in [0.2, 0.25) is 0 Å². The summed E-state index contributed by atoms with van der Waals surface area (Å²) in [6, 6.07) is 0. The summed E-state index contributed by atoms with van der Waals surface area (Å²) in [6.07, 6.45) is -18.8. The lowest BCUT2D eigenvalue weighted by molar-refractivity contribution is -0.174. The molecule has 4 nitrogen and oxygen atoms in total. The summed E-state index contributed by atoms with van der Waals surface area (Å²) >= 11 is 0. The first kappa shape index (κ1) is 22.1.